The third kappa shape index (κ3) is 6.43. The van der Waals surface area contributed by atoms with E-state index in [2.05, 4.69) is 170 Å². The van der Waals surface area contributed by atoms with Crippen molar-refractivity contribution in [3.63, 3.8) is 0 Å². The van der Waals surface area contributed by atoms with Crippen LogP contribution in [0.15, 0.2) is 197 Å². The Morgan fingerprint density at radius 2 is 0.964 bits per heavy atom. The smallest absolute Gasteiger partial charge is 0.136 e. The van der Waals surface area contributed by atoms with Crippen LogP contribution < -0.4 is 4.90 Å². The zero-order chi connectivity index (χ0) is 37.0. The number of nitrogens with zero attached hydrogens (tertiary/aromatic N) is 1. The highest BCUT2D eigenvalue weighted by Gasteiger charge is 2.24. The molecule has 7 heteroatoms. The van der Waals surface area contributed by atoms with Crippen molar-refractivity contribution < 1.29 is 8.83 Å². The van der Waals surface area contributed by atoms with E-state index in [1.165, 1.54) is 0 Å². The molecule has 0 fully saturated rings. The minimum absolute atomic E-state index is 0.644. The molecule has 0 aliphatic carbocycles. The van der Waals surface area contributed by atoms with E-state index in [9.17, 15) is 0 Å². The summed E-state index contributed by atoms with van der Waals surface area (Å²) in [6, 6.07) is 59.0. The first-order valence-corrected chi connectivity index (χ1v) is 20.5. The van der Waals surface area contributed by atoms with E-state index in [0.717, 1.165) is 102 Å². The van der Waals surface area contributed by atoms with Crippen LogP contribution in [0.5, 0.6) is 0 Å². The molecule has 0 aliphatic heterocycles. The lowest BCUT2D eigenvalue weighted by molar-refractivity contribution is 0.668. The van der Waals surface area contributed by atoms with Crippen molar-refractivity contribution in [2.75, 3.05) is 4.90 Å². The van der Waals surface area contributed by atoms with Gasteiger partial charge in [-0.25, -0.2) is 0 Å². The molecule has 0 radical (unpaired) electrons. The van der Waals surface area contributed by atoms with Gasteiger partial charge >= 0.3 is 0 Å². The fourth-order valence-corrected chi connectivity index (χ4v) is 9.14. The Bertz CT molecular complexity index is 2930. The SMILES string of the molecule is Clc1cc(Sc2ccc(Br)cc2)cc(N(c2ccc(Br)cc2)c2c(-c3ccc4c(c3)oc3ccccc34)cccc2-c2ccc3c(c2)oc2ccccc23)c1. The standard InChI is InChI=1S/C48H28Br2ClNO2S/c49-31-14-18-34(19-15-31)52(35-26-33(51)27-37(28-35)55-36-20-16-32(50)17-21-36)48-38(29-12-22-42-40-6-1-3-10-44(40)53-46(42)24-29)8-5-9-39(48)30-13-23-43-41-7-2-4-11-45(41)54-47(43)25-30/h1-28H. The number of fused-ring (bicyclic) bond motifs is 6. The average Bonchev–Trinajstić information content (AvgIpc) is 3.77. The molecule has 10 aromatic rings. The Hall–Kier alpha value is -5.24. The Labute approximate surface area is 343 Å². The molecular formula is C48H28Br2ClNO2S. The minimum atomic E-state index is 0.644. The highest BCUT2D eigenvalue weighted by Crippen LogP contribution is 2.49. The predicted octanol–water partition coefficient (Wildman–Crippen LogP) is 16.6. The summed E-state index contributed by atoms with van der Waals surface area (Å²) in [6.07, 6.45) is 0. The van der Waals surface area contributed by atoms with Gasteiger partial charge in [-0.3, -0.25) is 0 Å². The third-order valence-corrected chi connectivity index (χ3v) is 12.1. The van der Waals surface area contributed by atoms with Gasteiger partial charge in [0.05, 0.1) is 5.69 Å². The van der Waals surface area contributed by atoms with Crippen molar-refractivity contribution in [2.24, 2.45) is 0 Å². The summed E-state index contributed by atoms with van der Waals surface area (Å²) in [7, 11) is 0. The van der Waals surface area contributed by atoms with Crippen molar-refractivity contribution in [2.45, 2.75) is 9.79 Å². The summed E-state index contributed by atoms with van der Waals surface area (Å²) < 4.78 is 14.9. The summed E-state index contributed by atoms with van der Waals surface area (Å²) in [6.45, 7) is 0. The minimum Gasteiger partial charge on any atom is -0.456 e. The number of hydrogen-bond acceptors (Lipinski definition) is 4. The number of rotatable bonds is 7. The zero-order valence-corrected chi connectivity index (χ0v) is 33.7. The summed E-state index contributed by atoms with van der Waals surface area (Å²) in [5.74, 6) is 0. The first-order chi connectivity index (χ1) is 26.9. The maximum absolute atomic E-state index is 7.03. The summed E-state index contributed by atoms with van der Waals surface area (Å²) in [4.78, 5) is 4.46. The molecule has 0 atom stereocenters. The molecule has 10 rings (SSSR count). The molecule has 0 unspecified atom stereocenters. The van der Waals surface area contributed by atoms with Crippen LogP contribution in [0.1, 0.15) is 0 Å². The topological polar surface area (TPSA) is 29.5 Å². The number of hydrogen-bond donors (Lipinski definition) is 0. The second-order valence-corrected chi connectivity index (χ2v) is 16.7. The number of anilines is 3. The van der Waals surface area contributed by atoms with Gasteiger partial charge in [-0.1, -0.05) is 122 Å². The van der Waals surface area contributed by atoms with Gasteiger partial charge in [0.15, 0.2) is 0 Å². The largest absolute Gasteiger partial charge is 0.456 e. The van der Waals surface area contributed by atoms with E-state index >= 15 is 0 Å². The van der Waals surface area contributed by atoms with Gasteiger partial charge in [-0.2, -0.15) is 0 Å². The molecule has 0 saturated carbocycles. The fourth-order valence-electron chi connectivity index (χ4n) is 7.41. The Morgan fingerprint density at radius 1 is 0.436 bits per heavy atom. The lowest BCUT2D eigenvalue weighted by Crippen LogP contribution is -2.13. The zero-order valence-electron chi connectivity index (χ0n) is 29.0. The van der Waals surface area contributed by atoms with E-state index in [4.69, 9.17) is 20.4 Å². The van der Waals surface area contributed by atoms with Crippen molar-refractivity contribution >= 4 is 116 Å². The van der Waals surface area contributed by atoms with Crippen molar-refractivity contribution in [1.82, 2.24) is 0 Å². The molecule has 0 N–H and O–H groups in total. The van der Waals surface area contributed by atoms with E-state index in [0.29, 0.717) is 5.02 Å². The maximum Gasteiger partial charge on any atom is 0.136 e. The van der Waals surface area contributed by atoms with Crippen molar-refractivity contribution in [1.29, 1.82) is 0 Å². The summed E-state index contributed by atoms with van der Waals surface area (Å²) in [5, 5.41) is 5.01. The molecule has 3 nitrogen and oxygen atoms in total. The van der Waals surface area contributed by atoms with Crippen molar-refractivity contribution in [3.8, 4) is 22.3 Å². The molecule has 0 bridgehead atoms. The summed E-state index contributed by atoms with van der Waals surface area (Å²) in [5.41, 5.74) is 10.5. The van der Waals surface area contributed by atoms with Crippen LogP contribution in [-0.4, -0.2) is 0 Å². The maximum atomic E-state index is 7.03. The van der Waals surface area contributed by atoms with Gasteiger partial charge in [0.1, 0.15) is 22.3 Å². The van der Waals surface area contributed by atoms with Gasteiger partial charge in [-0.05, 0) is 114 Å². The average molecular weight is 878 g/mol. The van der Waals surface area contributed by atoms with Gasteiger partial charge < -0.3 is 13.7 Å². The first-order valence-electron chi connectivity index (χ1n) is 17.7. The molecule has 0 aliphatic rings. The van der Waals surface area contributed by atoms with Crippen LogP contribution in [0.4, 0.5) is 17.1 Å². The molecule has 0 saturated heterocycles. The van der Waals surface area contributed by atoms with Gasteiger partial charge in [0.25, 0.3) is 0 Å². The Kier molecular flexibility index (Phi) is 8.80. The number of para-hydroxylation sites is 3. The molecular weight excluding hydrogens is 850 g/mol. The van der Waals surface area contributed by atoms with Crippen LogP contribution in [0.3, 0.4) is 0 Å². The van der Waals surface area contributed by atoms with Crippen LogP contribution in [0, 0.1) is 0 Å². The van der Waals surface area contributed by atoms with E-state index < -0.39 is 0 Å². The monoisotopic (exact) mass is 875 g/mol. The number of benzene rings is 8. The second-order valence-electron chi connectivity index (χ2n) is 13.3. The summed E-state index contributed by atoms with van der Waals surface area (Å²) >= 11 is 16.0. The lowest BCUT2D eigenvalue weighted by Gasteiger charge is -2.31. The van der Waals surface area contributed by atoms with Crippen molar-refractivity contribution in [3.05, 3.63) is 184 Å². The number of furan rings is 2. The van der Waals surface area contributed by atoms with Gasteiger partial charge in [-0.15, -0.1) is 0 Å². The quantitative estimate of drug-likeness (QED) is 0.160. The number of halogens is 3. The molecule has 8 aromatic carbocycles. The molecule has 264 valence electrons. The molecule has 0 amide bonds. The van der Waals surface area contributed by atoms with Gasteiger partial charge in [0, 0.05) is 67.8 Å². The van der Waals surface area contributed by atoms with E-state index in [-0.39, 0.29) is 0 Å². The molecule has 2 aromatic heterocycles. The Balaban J connectivity index is 1.23. The first kappa shape index (κ1) is 34.3. The van der Waals surface area contributed by atoms with Crippen LogP contribution in [0.2, 0.25) is 5.02 Å². The van der Waals surface area contributed by atoms with E-state index in [1.54, 1.807) is 11.8 Å². The second kappa shape index (κ2) is 14.1. The van der Waals surface area contributed by atoms with Gasteiger partial charge in [0.2, 0.25) is 0 Å². The Morgan fingerprint density at radius 3 is 1.55 bits per heavy atom. The van der Waals surface area contributed by atoms with Crippen LogP contribution >= 0.6 is 55.2 Å². The molecule has 0 spiro atoms. The fraction of sp³-hybridized carbons (Fsp3) is 0. The molecule has 55 heavy (non-hydrogen) atoms. The predicted molar refractivity (Wildman–Crippen MR) is 238 cm³/mol. The highest BCUT2D eigenvalue weighted by molar-refractivity contribution is 9.10. The van der Waals surface area contributed by atoms with Crippen LogP contribution in [-0.2, 0) is 0 Å². The normalized spacial score (nSPS) is 11.6. The van der Waals surface area contributed by atoms with Crippen LogP contribution in [0.25, 0.3) is 66.1 Å². The lowest BCUT2D eigenvalue weighted by atomic mass is 9.93. The molecule has 2 heterocycles. The highest BCUT2D eigenvalue weighted by atomic mass is 79.9. The van der Waals surface area contributed by atoms with E-state index in [1.807, 2.05) is 36.4 Å². The third-order valence-electron chi connectivity index (χ3n) is 9.89.